The van der Waals surface area contributed by atoms with Crippen molar-refractivity contribution in [1.29, 1.82) is 0 Å². The zero-order valence-corrected chi connectivity index (χ0v) is 15.1. The molecule has 0 aliphatic rings. The molecule has 4 rings (SSSR count). The van der Waals surface area contributed by atoms with Gasteiger partial charge in [0, 0.05) is 12.1 Å². The summed E-state index contributed by atoms with van der Waals surface area (Å²) in [4.78, 5) is 14.4. The van der Waals surface area contributed by atoms with Crippen LogP contribution in [0, 0.1) is 0 Å². The number of para-hydroxylation sites is 2. The average Bonchev–Trinajstić information content (AvgIpc) is 3.04. The molecule has 132 valence electrons. The number of aryl methyl sites for hydroxylation is 1. The Kier molecular flexibility index (Phi) is 4.52. The number of aromatic nitrogens is 4. The molecule has 5 heteroatoms. The molecule has 5 nitrogen and oxygen atoms in total. The maximum Gasteiger partial charge on any atom is 0.198 e. The maximum absolute atomic E-state index is 5.27. The lowest BCUT2D eigenvalue weighted by Gasteiger charge is -2.09. The molecule has 0 saturated carbocycles. The first kappa shape index (κ1) is 16.5. The van der Waals surface area contributed by atoms with Crippen LogP contribution in [-0.2, 0) is 6.54 Å². The summed E-state index contributed by atoms with van der Waals surface area (Å²) >= 11 is 0. The van der Waals surface area contributed by atoms with Crippen LogP contribution in [0.1, 0.15) is 26.2 Å². The van der Waals surface area contributed by atoms with Gasteiger partial charge in [0.25, 0.3) is 0 Å². The quantitative estimate of drug-likeness (QED) is 0.469. The van der Waals surface area contributed by atoms with Crippen LogP contribution >= 0.6 is 0 Å². The van der Waals surface area contributed by atoms with Gasteiger partial charge in [-0.15, -0.1) is 0 Å². The molecule has 2 heterocycles. The zero-order valence-electron chi connectivity index (χ0n) is 15.1. The zero-order chi connectivity index (χ0) is 17.9. The minimum atomic E-state index is 0.700. The number of ether oxygens (including phenoxy) is 1. The van der Waals surface area contributed by atoms with Gasteiger partial charge in [0.2, 0.25) is 0 Å². The van der Waals surface area contributed by atoms with Crippen molar-refractivity contribution in [3.63, 3.8) is 0 Å². The Labute approximate surface area is 152 Å². The van der Waals surface area contributed by atoms with E-state index >= 15 is 0 Å². The second-order valence-electron chi connectivity index (χ2n) is 6.38. The Morgan fingerprint density at radius 1 is 0.885 bits per heavy atom. The van der Waals surface area contributed by atoms with E-state index in [4.69, 9.17) is 19.7 Å². The van der Waals surface area contributed by atoms with Crippen LogP contribution in [0.25, 0.3) is 33.7 Å². The smallest absolute Gasteiger partial charge is 0.198 e. The Balaban J connectivity index is 1.88. The largest absolute Gasteiger partial charge is 0.497 e. The number of hydrogen-bond donors (Lipinski definition) is 0. The summed E-state index contributed by atoms with van der Waals surface area (Å²) in [6, 6.07) is 15.9. The first-order valence-electron chi connectivity index (χ1n) is 9.07. The second-order valence-corrected chi connectivity index (χ2v) is 6.38. The van der Waals surface area contributed by atoms with Gasteiger partial charge in [-0.3, -0.25) is 0 Å². The van der Waals surface area contributed by atoms with E-state index in [1.807, 2.05) is 48.5 Å². The predicted molar refractivity (Wildman–Crippen MR) is 104 cm³/mol. The first-order chi connectivity index (χ1) is 12.8. The fourth-order valence-corrected chi connectivity index (χ4v) is 3.19. The third-order valence-electron chi connectivity index (χ3n) is 4.59. The SMILES string of the molecule is CCCCCn1c(-c2ccc(OC)cc2)nc2nc3ccccc3nc21. The van der Waals surface area contributed by atoms with Crippen molar-refractivity contribution in [3.05, 3.63) is 48.5 Å². The standard InChI is InChI=1S/C21H22N4O/c1-3-4-7-14-25-20(15-10-12-16(26-2)13-11-15)24-19-21(25)23-18-9-6-5-8-17(18)22-19/h5-6,8-13H,3-4,7,14H2,1-2H3. The van der Waals surface area contributed by atoms with Crippen molar-refractivity contribution in [2.75, 3.05) is 7.11 Å². The minimum absolute atomic E-state index is 0.700. The Hall–Kier alpha value is -2.95. The average molecular weight is 346 g/mol. The highest BCUT2D eigenvalue weighted by Crippen LogP contribution is 2.26. The molecule has 0 bridgehead atoms. The van der Waals surface area contributed by atoms with Crippen molar-refractivity contribution >= 4 is 22.3 Å². The maximum atomic E-state index is 5.27. The Morgan fingerprint density at radius 2 is 1.62 bits per heavy atom. The number of benzene rings is 2. The summed E-state index contributed by atoms with van der Waals surface area (Å²) in [6.45, 7) is 3.10. The molecular weight excluding hydrogens is 324 g/mol. The number of nitrogens with zero attached hydrogens (tertiary/aromatic N) is 4. The number of rotatable bonds is 6. The topological polar surface area (TPSA) is 52.8 Å². The molecule has 2 aromatic carbocycles. The van der Waals surface area contributed by atoms with E-state index in [9.17, 15) is 0 Å². The van der Waals surface area contributed by atoms with Crippen molar-refractivity contribution < 1.29 is 4.74 Å². The van der Waals surface area contributed by atoms with Crippen LogP contribution in [0.15, 0.2) is 48.5 Å². The summed E-state index contributed by atoms with van der Waals surface area (Å²) in [6.07, 6.45) is 3.46. The van der Waals surface area contributed by atoms with E-state index in [-0.39, 0.29) is 0 Å². The van der Waals surface area contributed by atoms with Crippen molar-refractivity contribution in [2.45, 2.75) is 32.7 Å². The Bertz CT molecular complexity index is 1040. The summed E-state index contributed by atoms with van der Waals surface area (Å²) in [7, 11) is 1.67. The number of fused-ring (bicyclic) bond motifs is 2. The van der Waals surface area contributed by atoms with E-state index in [0.717, 1.165) is 46.8 Å². The fraction of sp³-hybridized carbons (Fsp3) is 0.286. The number of imidazole rings is 1. The fourth-order valence-electron chi connectivity index (χ4n) is 3.19. The molecule has 0 unspecified atom stereocenters. The molecule has 4 aromatic rings. The van der Waals surface area contributed by atoms with Crippen molar-refractivity contribution in [1.82, 2.24) is 19.5 Å². The summed E-state index contributed by atoms with van der Waals surface area (Å²) in [5.41, 5.74) is 4.38. The summed E-state index contributed by atoms with van der Waals surface area (Å²) in [5, 5.41) is 0. The normalized spacial score (nSPS) is 11.3. The van der Waals surface area contributed by atoms with Crippen LogP contribution in [0.3, 0.4) is 0 Å². The van der Waals surface area contributed by atoms with E-state index in [0.29, 0.717) is 5.65 Å². The third kappa shape index (κ3) is 3.01. The number of methoxy groups -OCH3 is 1. The number of unbranched alkanes of at least 4 members (excludes halogenated alkanes) is 2. The van der Waals surface area contributed by atoms with Gasteiger partial charge in [-0.05, 0) is 42.8 Å². The van der Waals surface area contributed by atoms with Gasteiger partial charge in [-0.1, -0.05) is 31.9 Å². The van der Waals surface area contributed by atoms with Crippen LogP contribution in [0.2, 0.25) is 0 Å². The van der Waals surface area contributed by atoms with Gasteiger partial charge < -0.3 is 9.30 Å². The summed E-state index contributed by atoms with van der Waals surface area (Å²) < 4.78 is 7.47. The molecule has 0 fully saturated rings. The molecule has 26 heavy (non-hydrogen) atoms. The molecule has 0 N–H and O–H groups in total. The van der Waals surface area contributed by atoms with Crippen LogP contribution in [0.5, 0.6) is 5.75 Å². The highest BCUT2D eigenvalue weighted by Gasteiger charge is 2.15. The van der Waals surface area contributed by atoms with E-state index in [1.165, 1.54) is 12.8 Å². The highest BCUT2D eigenvalue weighted by atomic mass is 16.5. The first-order valence-corrected chi connectivity index (χ1v) is 9.07. The van der Waals surface area contributed by atoms with Gasteiger partial charge in [0.15, 0.2) is 11.3 Å². The van der Waals surface area contributed by atoms with Gasteiger partial charge in [0.1, 0.15) is 11.6 Å². The van der Waals surface area contributed by atoms with Crippen LogP contribution in [0.4, 0.5) is 0 Å². The van der Waals surface area contributed by atoms with E-state index in [1.54, 1.807) is 7.11 Å². The number of hydrogen-bond acceptors (Lipinski definition) is 4. The lowest BCUT2D eigenvalue weighted by atomic mass is 10.2. The molecule has 0 aliphatic carbocycles. The third-order valence-corrected chi connectivity index (χ3v) is 4.59. The molecule has 0 saturated heterocycles. The molecular formula is C21H22N4O. The van der Waals surface area contributed by atoms with Crippen molar-refractivity contribution in [2.24, 2.45) is 0 Å². The molecule has 0 amide bonds. The summed E-state index contributed by atoms with van der Waals surface area (Å²) in [5.74, 6) is 1.75. The molecule has 0 aliphatic heterocycles. The molecule has 0 spiro atoms. The Morgan fingerprint density at radius 3 is 2.31 bits per heavy atom. The second kappa shape index (κ2) is 7.12. The molecule has 0 radical (unpaired) electrons. The molecule has 2 aromatic heterocycles. The van der Waals surface area contributed by atoms with Crippen LogP contribution < -0.4 is 4.74 Å². The van der Waals surface area contributed by atoms with Gasteiger partial charge >= 0.3 is 0 Å². The van der Waals surface area contributed by atoms with E-state index < -0.39 is 0 Å². The van der Waals surface area contributed by atoms with Gasteiger partial charge in [0.05, 0.1) is 18.1 Å². The lowest BCUT2D eigenvalue weighted by Crippen LogP contribution is -2.02. The van der Waals surface area contributed by atoms with E-state index in [2.05, 4.69) is 11.5 Å². The minimum Gasteiger partial charge on any atom is -0.497 e. The highest BCUT2D eigenvalue weighted by molar-refractivity contribution is 5.84. The van der Waals surface area contributed by atoms with Gasteiger partial charge in [-0.25, -0.2) is 15.0 Å². The monoisotopic (exact) mass is 346 g/mol. The van der Waals surface area contributed by atoms with Crippen LogP contribution in [-0.4, -0.2) is 26.6 Å². The molecule has 0 atom stereocenters. The lowest BCUT2D eigenvalue weighted by molar-refractivity contribution is 0.415. The predicted octanol–water partition coefficient (Wildman–Crippen LogP) is 4.85. The van der Waals surface area contributed by atoms with Gasteiger partial charge in [-0.2, -0.15) is 0 Å². The van der Waals surface area contributed by atoms with Crippen molar-refractivity contribution in [3.8, 4) is 17.1 Å².